The Balaban J connectivity index is 3.59. The summed E-state index contributed by atoms with van der Waals surface area (Å²) in [6.45, 7) is 5.48. The van der Waals surface area contributed by atoms with Gasteiger partial charge in [-0.2, -0.15) is 0 Å². The number of carbonyl (C=O) groups excluding carboxylic acids is 1. The number of nitrogens with zero attached hydrogens (tertiary/aromatic N) is 1. The van der Waals surface area contributed by atoms with E-state index in [2.05, 4.69) is 6.58 Å². The lowest BCUT2D eigenvalue weighted by Gasteiger charge is -2.13. The van der Waals surface area contributed by atoms with Crippen LogP contribution < -0.4 is 0 Å². The molecular formula is C9H15NO4. The number of hydrogen-bond donors (Lipinski definition) is 1. The van der Waals surface area contributed by atoms with Crippen LogP contribution in [0.2, 0.25) is 0 Å². The van der Waals surface area contributed by atoms with Gasteiger partial charge in [0.2, 0.25) is 0 Å². The largest absolute Gasteiger partial charge is 0.480 e. The highest BCUT2D eigenvalue weighted by molar-refractivity contribution is 5.86. The summed E-state index contributed by atoms with van der Waals surface area (Å²) in [5, 5.41) is 8.42. The van der Waals surface area contributed by atoms with Crippen molar-refractivity contribution in [2.45, 2.75) is 6.92 Å². The molecule has 0 saturated carbocycles. The van der Waals surface area contributed by atoms with Gasteiger partial charge in [0, 0.05) is 12.1 Å². The van der Waals surface area contributed by atoms with Crippen LogP contribution in [-0.2, 0) is 14.3 Å². The van der Waals surface area contributed by atoms with E-state index in [1.807, 2.05) is 0 Å². The molecule has 1 N–H and O–H groups in total. The monoisotopic (exact) mass is 201 g/mol. The lowest BCUT2D eigenvalue weighted by atomic mass is 10.4. The van der Waals surface area contributed by atoms with E-state index in [9.17, 15) is 9.59 Å². The van der Waals surface area contributed by atoms with Gasteiger partial charge in [-0.25, -0.2) is 4.79 Å². The Labute approximate surface area is 83.0 Å². The van der Waals surface area contributed by atoms with Crippen molar-refractivity contribution in [3.05, 3.63) is 12.2 Å². The van der Waals surface area contributed by atoms with Gasteiger partial charge in [0.05, 0.1) is 6.54 Å². The number of esters is 1. The third-order valence-electron chi connectivity index (χ3n) is 1.46. The minimum atomic E-state index is -0.904. The van der Waals surface area contributed by atoms with E-state index in [1.165, 1.54) is 0 Å². The number of carboxylic acid groups (broad SMARTS) is 1. The second-order valence-corrected chi connectivity index (χ2v) is 3.05. The van der Waals surface area contributed by atoms with Crippen molar-refractivity contribution in [2.24, 2.45) is 0 Å². The molecule has 0 aliphatic heterocycles. The third kappa shape index (κ3) is 6.19. The summed E-state index contributed by atoms with van der Waals surface area (Å²) in [4.78, 5) is 22.7. The molecule has 0 atom stereocenters. The SMILES string of the molecule is C=C(C)C(=O)OCCN(C)CC(=O)O. The predicted molar refractivity (Wildman–Crippen MR) is 50.9 cm³/mol. The zero-order valence-corrected chi connectivity index (χ0v) is 8.45. The zero-order chi connectivity index (χ0) is 11.1. The van der Waals surface area contributed by atoms with Crippen LogP contribution in [0, 0.1) is 0 Å². The van der Waals surface area contributed by atoms with Gasteiger partial charge < -0.3 is 9.84 Å². The summed E-state index contributed by atoms with van der Waals surface area (Å²) in [7, 11) is 1.64. The first-order valence-corrected chi connectivity index (χ1v) is 4.16. The molecule has 0 radical (unpaired) electrons. The predicted octanol–water partition coefficient (Wildman–Crippen LogP) is 0.122. The highest BCUT2D eigenvalue weighted by atomic mass is 16.5. The van der Waals surface area contributed by atoms with E-state index in [-0.39, 0.29) is 13.2 Å². The summed E-state index contributed by atoms with van der Waals surface area (Å²) in [6.07, 6.45) is 0. The van der Waals surface area contributed by atoms with Gasteiger partial charge in [-0.15, -0.1) is 0 Å². The molecule has 0 spiro atoms. The minimum absolute atomic E-state index is 0.0649. The van der Waals surface area contributed by atoms with Crippen molar-refractivity contribution in [1.29, 1.82) is 0 Å². The number of carbonyl (C=O) groups is 2. The Morgan fingerprint density at radius 2 is 2.07 bits per heavy atom. The van der Waals surface area contributed by atoms with Crippen LogP contribution in [0.25, 0.3) is 0 Å². The molecule has 0 bridgehead atoms. The van der Waals surface area contributed by atoms with Crippen LogP contribution in [0.15, 0.2) is 12.2 Å². The topological polar surface area (TPSA) is 66.8 Å². The Morgan fingerprint density at radius 3 is 2.50 bits per heavy atom. The molecule has 0 saturated heterocycles. The normalized spacial score (nSPS) is 9.93. The molecule has 5 heteroatoms. The molecule has 0 heterocycles. The van der Waals surface area contributed by atoms with Crippen LogP contribution in [0.5, 0.6) is 0 Å². The first-order chi connectivity index (χ1) is 6.43. The molecule has 0 rings (SSSR count). The van der Waals surface area contributed by atoms with Gasteiger partial charge in [0.1, 0.15) is 6.61 Å². The maximum Gasteiger partial charge on any atom is 0.333 e. The Bertz CT molecular complexity index is 237. The highest BCUT2D eigenvalue weighted by Gasteiger charge is 2.06. The van der Waals surface area contributed by atoms with Crippen LogP contribution in [-0.4, -0.2) is 48.7 Å². The number of carboxylic acids is 1. The lowest BCUT2D eigenvalue weighted by Crippen LogP contribution is -2.29. The third-order valence-corrected chi connectivity index (χ3v) is 1.46. The molecule has 0 aliphatic rings. The number of aliphatic carboxylic acids is 1. The molecule has 0 aromatic rings. The lowest BCUT2D eigenvalue weighted by molar-refractivity contribution is -0.140. The molecule has 0 fully saturated rings. The molecular weight excluding hydrogens is 186 g/mol. The van der Waals surface area contributed by atoms with Crippen molar-refractivity contribution in [3.63, 3.8) is 0 Å². The van der Waals surface area contributed by atoms with E-state index in [0.717, 1.165) is 0 Å². The van der Waals surface area contributed by atoms with E-state index < -0.39 is 11.9 Å². The second kappa shape index (κ2) is 6.15. The van der Waals surface area contributed by atoms with Crippen LogP contribution in [0.1, 0.15) is 6.92 Å². The summed E-state index contributed by atoms with van der Waals surface area (Å²) in [5.74, 6) is -1.35. The maximum absolute atomic E-state index is 10.9. The smallest absolute Gasteiger partial charge is 0.333 e. The first-order valence-electron chi connectivity index (χ1n) is 4.16. The van der Waals surface area contributed by atoms with Crippen molar-refractivity contribution in [1.82, 2.24) is 4.90 Å². The maximum atomic E-state index is 10.9. The fourth-order valence-electron chi connectivity index (χ4n) is 0.727. The molecule has 0 aliphatic carbocycles. The molecule has 0 aromatic carbocycles. The Morgan fingerprint density at radius 1 is 1.50 bits per heavy atom. The standard InChI is InChI=1S/C9H15NO4/c1-7(2)9(13)14-5-4-10(3)6-8(11)12/h1,4-6H2,2-3H3,(H,11,12). The fourth-order valence-corrected chi connectivity index (χ4v) is 0.727. The molecule has 80 valence electrons. The average Bonchev–Trinajstić information content (AvgIpc) is 2.02. The molecule has 5 nitrogen and oxygen atoms in total. The molecule has 0 amide bonds. The second-order valence-electron chi connectivity index (χ2n) is 3.05. The highest BCUT2D eigenvalue weighted by Crippen LogP contribution is 1.92. The van der Waals surface area contributed by atoms with Gasteiger partial charge in [0.15, 0.2) is 0 Å². The van der Waals surface area contributed by atoms with Gasteiger partial charge in [0.25, 0.3) is 0 Å². The Hall–Kier alpha value is -1.36. The minimum Gasteiger partial charge on any atom is -0.480 e. The first kappa shape index (κ1) is 12.6. The van der Waals surface area contributed by atoms with Gasteiger partial charge >= 0.3 is 11.9 Å². The van der Waals surface area contributed by atoms with Crippen molar-refractivity contribution >= 4 is 11.9 Å². The summed E-state index contributed by atoms with van der Waals surface area (Å²) < 4.78 is 4.78. The number of rotatable bonds is 6. The van der Waals surface area contributed by atoms with Crippen LogP contribution in [0.4, 0.5) is 0 Å². The van der Waals surface area contributed by atoms with Crippen molar-refractivity contribution in [3.8, 4) is 0 Å². The number of ether oxygens (including phenoxy) is 1. The number of likely N-dealkylation sites (N-methyl/N-ethyl adjacent to an activating group) is 1. The summed E-state index contributed by atoms with van der Waals surface area (Å²) in [6, 6.07) is 0. The zero-order valence-electron chi connectivity index (χ0n) is 8.45. The molecule has 14 heavy (non-hydrogen) atoms. The summed E-state index contributed by atoms with van der Waals surface area (Å²) in [5.41, 5.74) is 0.339. The fraction of sp³-hybridized carbons (Fsp3) is 0.556. The van der Waals surface area contributed by atoms with Gasteiger partial charge in [-0.1, -0.05) is 6.58 Å². The van der Waals surface area contributed by atoms with Crippen molar-refractivity contribution in [2.75, 3.05) is 26.7 Å². The number of hydrogen-bond acceptors (Lipinski definition) is 4. The van der Waals surface area contributed by atoms with E-state index >= 15 is 0 Å². The average molecular weight is 201 g/mol. The molecule has 0 aromatic heterocycles. The molecule has 0 unspecified atom stereocenters. The van der Waals surface area contributed by atoms with Crippen molar-refractivity contribution < 1.29 is 19.4 Å². The summed E-state index contributed by atoms with van der Waals surface area (Å²) >= 11 is 0. The van der Waals surface area contributed by atoms with Crippen LogP contribution >= 0.6 is 0 Å². The van der Waals surface area contributed by atoms with Crippen LogP contribution in [0.3, 0.4) is 0 Å². The van der Waals surface area contributed by atoms with E-state index in [4.69, 9.17) is 9.84 Å². The Kier molecular flexibility index (Phi) is 5.55. The van der Waals surface area contributed by atoms with Gasteiger partial charge in [-0.05, 0) is 14.0 Å². The van der Waals surface area contributed by atoms with E-state index in [0.29, 0.717) is 12.1 Å². The van der Waals surface area contributed by atoms with E-state index in [1.54, 1.807) is 18.9 Å². The quantitative estimate of drug-likeness (QED) is 0.488. The van der Waals surface area contributed by atoms with Gasteiger partial charge in [-0.3, -0.25) is 9.69 Å².